The monoisotopic (exact) mass is 405 g/mol. The molecular formula is C22H15N9. The third-order valence-electron chi connectivity index (χ3n) is 4.73. The number of hydrogen-bond acceptors (Lipinski definition) is 7. The van der Waals surface area contributed by atoms with Crippen molar-refractivity contribution in [1.82, 2.24) is 35.2 Å². The van der Waals surface area contributed by atoms with E-state index in [0.717, 1.165) is 33.7 Å². The van der Waals surface area contributed by atoms with Crippen LogP contribution in [-0.2, 0) is 0 Å². The fraction of sp³-hybridized carbons (Fsp3) is 0. The molecule has 3 heterocycles. The lowest BCUT2D eigenvalue weighted by molar-refractivity contribution is 0.881. The van der Waals surface area contributed by atoms with Crippen molar-refractivity contribution >= 4 is 16.9 Å². The fourth-order valence-electron chi connectivity index (χ4n) is 3.28. The average Bonchev–Trinajstić information content (AvgIpc) is 3.51. The molecule has 148 valence electrons. The molecule has 5 rings (SSSR count). The highest BCUT2D eigenvalue weighted by molar-refractivity contribution is 5.79. The van der Waals surface area contributed by atoms with Crippen molar-refractivity contribution in [2.75, 3.05) is 5.32 Å². The van der Waals surface area contributed by atoms with Gasteiger partial charge in [-0.1, -0.05) is 42.5 Å². The van der Waals surface area contributed by atoms with Crippen LogP contribution in [0.15, 0.2) is 79.3 Å². The summed E-state index contributed by atoms with van der Waals surface area (Å²) >= 11 is 0. The van der Waals surface area contributed by atoms with Gasteiger partial charge in [0, 0.05) is 29.2 Å². The molecule has 0 saturated heterocycles. The Bertz CT molecular complexity index is 1410. The minimum Gasteiger partial charge on any atom is -0.360 e. The molecule has 2 aromatic carbocycles. The smallest absolute Gasteiger partial charge is 0.216 e. The molecule has 0 atom stereocenters. The first-order valence-corrected chi connectivity index (χ1v) is 9.43. The van der Waals surface area contributed by atoms with Crippen molar-refractivity contribution in [3.05, 3.63) is 85.1 Å². The fourth-order valence-corrected chi connectivity index (χ4v) is 3.28. The molecule has 0 spiro atoms. The zero-order chi connectivity index (χ0) is 21.0. The van der Waals surface area contributed by atoms with E-state index in [9.17, 15) is 5.26 Å². The molecule has 3 aromatic heterocycles. The average molecular weight is 405 g/mol. The molecule has 0 aliphatic rings. The maximum atomic E-state index is 9.32. The van der Waals surface area contributed by atoms with Gasteiger partial charge in [-0.05, 0) is 29.0 Å². The SMILES string of the molecule is N#CC(=CNc1cccc(-c2ccnc3c(-c4ccccc4)cnn23)c1)c1nn[nH]n1. The number of fused-ring (bicyclic) bond motifs is 1. The summed E-state index contributed by atoms with van der Waals surface area (Å²) in [5, 5.41) is 30.5. The Morgan fingerprint density at radius 3 is 2.74 bits per heavy atom. The number of aromatic nitrogens is 7. The lowest BCUT2D eigenvalue weighted by atomic mass is 10.1. The van der Waals surface area contributed by atoms with Gasteiger partial charge in [0.15, 0.2) is 5.65 Å². The zero-order valence-corrected chi connectivity index (χ0v) is 16.1. The molecule has 0 fully saturated rings. The lowest BCUT2D eigenvalue weighted by Crippen LogP contribution is -1.97. The summed E-state index contributed by atoms with van der Waals surface area (Å²) in [5.41, 5.74) is 5.74. The number of benzene rings is 2. The Kier molecular flexibility index (Phi) is 4.63. The van der Waals surface area contributed by atoms with E-state index in [0.29, 0.717) is 0 Å². The molecule has 0 aliphatic carbocycles. The van der Waals surface area contributed by atoms with E-state index in [1.54, 1.807) is 12.4 Å². The van der Waals surface area contributed by atoms with Crippen LogP contribution < -0.4 is 5.32 Å². The third kappa shape index (κ3) is 3.49. The van der Waals surface area contributed by atoms with E-state index in [4.69, 9.17) is 0 Å². The van der Waals surface area contributed by atoms with Gasteiger partial charge in [0.05, 0.1) is 11.9 Å². The number of H-pyrrole nitrogens is 1. The van der Waals surface area contributed by atoms with Crippen LogP contribution in [0.5, 0.6) is 0 Å². The van der Waals surface area contributed by atoms with Crippen LogP contribution in [0.25, 0.3) is 33.6 Å². The van der Waals surface area contributed by atoms with Gasteiger partial charge in [-0.2, -0.15) is 15.6 Å². The molecule has 0 amide bonds. The molecular weight excluding hydrogens is 390 g/mol. The maximum absolute atomic E-state index is 9.32. The number of tetrazole rings is 1. The van der Waals surface area contributed by atoms with Gasteiger partial charge in [-0.3, -0.25) is 0 Å². The predicted octanol–water partition coefficient (Wildman–Crippen LogP) is 3.55. The topological polar surface area (TPSA) is 120 Å². The normalized spacial score (nSPS) is 11.4. The van der Waals surface area contributed by atoms with E-state index in [1.165, 1.54) is 0 Å². The molecule has 2 N–H and O–H groups in total. The van der Waals surface area contributed by atoms with Crippen molar-refractivity contribution in [2.45, 2.75) is 0 Å². The number of nitriles is 1. The minimum atomic E-state index is 0.229. The van der Waals surface area contributed by atoms with E-state index in [1.807, 2.05) is 71.4 Å². The van der Waals surface area contributed by atoms with Crippen molar-refractivity contribution in [3.8, 4) is 28.5 Å². The van der Waals surface area contributed by atoms with Crippen LogP contribution >= 0.6 is 0 Å². The second-order valence-corrected chi connectivity index (χ2v) is 6.62. The van der Waals surface area contributed by atoms with Gasteiger partial charge in [0.2, 0.25) is 5.82 Å². The number of anilines is 1. The molecule has 9 nitrogen and oxygen atoms in total. The predicted molar refractivity (Wildman–Crippen MR) is 115 cm³/mol. The largest absolute Gasteiger partial charge is 0.360 e. The first kappa shape index (κ1) is 18.2. The van der Waals surface area contributed by atoms with Gasteiger partial charge in [0.1, 0.15) is 11.6 Å². The highest BCUT2D eigenvalue weighted by atomic mass is 15.5. The molecule has 0 radical (unpaired) electrons. The summed E-state index contributed by atoms with van der Waals surface area (Å²) in [7, 11) is 0. The number of rotatable bonds is 5. The molecule has 0 aliphatic heterocycles. The van der Waals surface area contributed by atoms with Crippen LogP contribution in [-0.4, -0.2) is 35.2 Å². The summed E-state index contributed by atoms with van der Waals surface area (Å²) in [6.45, 7) is 0. The second kappa shape index (κ2) is 7.88. The summed E-state index contributed by atoms with van der Waals surface area (Å²) in [4.78, 5) is 4.54. The Morgan fingerprint density at radius 1 is 1.06 bits per heavy atom. The zero-order valence-electron chi connectivity index (χ0n) is 16.1. The Labute approximate surface area is 176 Å². The Hall–Kier alpha value is -4.84. The third-order valence-corrected chi connectivity index (χ3v) is 4.73. The van der Waals surface area contributed by atoms with Crippen LogP contribution in [0.2, 0.25) is 0 Å². The van der Waals surface area contributed by atoms with Crippen LogP contribution in [0, 0.1) is 11.3 Å². The molecule has 0 bridgehead atoms. The molecule has 0 saturated carbocycles. The molecule has 5 aromatic rings. The van der Waals surface area contributed by atoms with Gasteiger partial charge >= 0.3 is 0 Å². The lowest BCUT2D eigenvalue weighted by Gasteiger charge is -2.08. The summed E-state index contributed by atoms with van der Waals surface area (Å²) in [6.07, 6.45) is 5.16. The van der Waals surface area contributed by atoms with Gasteiger partial charge in [-0.25, -0.2) is 9.50 Å². The Balaban J connectivity index is 1.50. The standard InChI is InChI=1S/C22H15N9/c23-12-17(21-27-29-30-28-21)13-25-18-8-4-7-16(11-18)20-9-10-24-22-19(14-26-31(20)22)15-5-2-1-3-6-15/h1-11,13-14,25H,(H,27,28,29,30). The van der Waals surface area contributed by atoms with Crippen molar-refractivity contribution in [3.63, 3.8) is 0 Å². The molecule has 31 heavy (non-hydrogen) atoms. The van der Waals surface area contributed by atoms with Gasteiger partial charge in [-0.15, -0.1) is 10.2 Å². The molecule has 9 heteroatoms. The van der Waals surface area contributed by atoms with E-state index in [2.05, 4.69) is 42.1 Å². The highest BCUT2D eigenvalue weighted by Gasteiger charge is 2.12. The highest BCUT2D eigenvalue weighted by Crippen LogP contribution is 2.28. The quantitative estimate of drug-likeness (QED) is 0.429. The van der Waals surface area contributed by atoms with Crippen LogP contribution in [0.4, 0.5) is 5.69 Å². The van der Waals surface area contributed by atoms with Crippen molar-refractivity contribution in [1.29, 1.82) is 5.26 Å². The van der Waals surface area contributed by atoms with E-state index < -0.39 is 0 Å². The first-order chi connectivity index (χ1) is 15.3. The number of hydrogen-bond donors (Lipinski definition) is 2. The second-order valence-electron chi connectivity index (χ2n) is 6.62. The van der Waals surface area contributed by atoms with Gasteiger partial charge in [0.25, 0.3) is 0 Å². The summed E-state index contributed by atoms with van der Waals surface area (Å²) in [5.74, 6) is 0.229. The van der Waals surface area contributed by atoms with E-state index >= 15 is 0 Å². The Morgan fingerprint density at radius 2 is 1.94 bits per heavy atom. The summed E-state index contributed by atoms with van der Waals surface area (Å²) in [6, 6.07) is 21.8. The van der Waals surface area contributed by atoms with Crippen molar-refractivity contribution in [2.24, 2.45) is 0 Å². The summed E-state index contributed by atoms with van der Waals surface area (Å²) < 4.78 is 1.83. The van der Waals surface area contributed by atoms with Gasteiger partial charge < -0.3 is 5.32 Å². The van der Waals surface area contributed by atoms with Crippen LogP contribution in [0.1, 0.15) is 5.82 Å². The number of aromatic amines is 1. The number of nitrogens with zero attached hydrogens (tertiary/aromatic N) is 7. The molecule has 0 unspecified atom stereocenters. The first-order valence-electron chi connectivity index (χ1n) is 9.43. The van der Waals surface area contributed by atoms with Crippen molar-refractivity contribution < 1.29 is 0 Å². The maximum Gasteiger partial charge on any atom is 0.216 e. The minimum absolute atomic E-state index is 0.229. The van der Waals surface area contributed by atoms with Crippen LogP contribution in [0.3, 0.4) is 0 Å². The number of allylic oxidation sites excluding steroid dienone is 1. The van der Waals surface area contributed by atoms with E-state index in [-0.39, 0.29) is 11.4 Å². The number of nitrogens with one attached hydrogen (secondary N) is 2.